The monoisotopic (exact) mass is 265 g/mol. The maximum absolute atomic E-state index is 12.6. The van der Waals surface area contributed by atoms with Crippen LogP contribution in [-0.2, 0) is 4.79 Å². The molecule has 1 atom stereocenters. The Morgan fingerprint density at radius 3 is 2.16 bits per heavy atom. The van der Waals surface area contributed by atoms with Gasteiger partial charge in [0, 0.05) is 5.92 Å². The number of aromatic nitrogens is 3. The molecule has 0 N–H and O–H groups in total. The van der Waals surface area contributed by atoms with E-state index in [2.05, 4.69) is 44.7 Å². The molecule has 0 bridgehead atoms. The standard InChI is InChI=1S/C15H27N3O/c1-11(2)12(19)13(18-10-16-9-17-18)15(6,7)8-14(3,4)5/h9-11,13H,8H2,1-7H3. The summed E-state index contributed by atoms with van der Waals surface area (Å²) in [6.45, 7) is 14.8. The lowest BCUT2D eigenvalue weighted by molar-refractivity contribution is -0.129. The number of rotatable bonds is 5. The van der Waals surface area contributed by atoms with Gasteiger partial charge >= 0.3 is 0 Å². The number of Topliss-reactive ketones (excluding diaryl/α,β-unsaturated/α-hetero) is 1. The van der Waals surface area contributed by atoms with E-state index in [1.165, 1.54) is 6.33 Å². The van der Waals surface area contributed by atoms with Crippen LogP contribution in [0.2, 0.25) is 0 Å². The van der Waals surface area contributed by atoms with E-state index < -0.39 is 0 Å². The molecule has 1 rings (SSSR count). The highest BCUT2D eigenvalue weighted by Crippen LogP contribution is 2.42. The normalized spacial score (nSPS) is 14.7. The smallest absolute Gasteiger partial charge is 0.160 e. The molecular weight excluding hydrogens is 238 g/mol. The van der Waals surface area contributed by atoms with Gasteiger partial charge in [0.1, 0.15) is 18.7 Å². The van der Waals surface area contributed by atoms with Crippen LogP contribution in [0.5, 0.6) is 0 Å². The molecule has 0 spiro atoms. The highest BCUT2D eigenvalue weighted by atomic mass is 16.1. The molecule has 108 valence electrons. The minimum Gasteiger partial charge on any atom is -0.297 e. The van der Waals surface area contributed by atoms with E-state index in [0.717, 1.165) is 6.42 Å². The molecule has 4 heteroatoms. The van der Waals surface area contributed by atoms with Crippen molar-refractivity contribution in [3.05, 3.63) is 12.7 Å². The molecule has 4 nitrogen and oxygen atoms in total. The van der Waals surface area contributed by atoms with Crippen molar-refractivity contribution < 1.29 is 4.79 Å². The van der Waals surface area contributed by atoms with Crippen molar-refractivity contribution in [1.29, 1.82) is 0 Å². The second-order valence-electron chi connectivity index (χ2n) is 7.56. The first-order chi connectivity index (χ1) is 8.54. The van der Waals surface area contributed by atoms with Crippen molar-refractivity contribution in [3.63, 3.8) is 0 Å². The van der Waals surface area contributed by atoms with E-state index in [9.17, 15) is 4.79 Å². The van der Waals surface area contributed by atoms with Gasteiger partial charge in [0.15, 0.2) is 5.78 Å². The van der Waals surface area contributed by atoms with Gasteiger partial charge < -0.3 is 0 Å². The Balaban J connectivity index is 3.13. The summed E-state index contributed by atoms with van der Waals surface area (Å²) in [6, 6.07) is -0.255. The molecule has 0 amide bonds. The fraction of sp³-hybridized carbons (Fsp3) is 0.800. The second kappa shape index (κ2) is 5.43. The quantitative estimate of drug-likeness (QED) is 0.818. The third-order valence-corrected chi connectivity index (χ3v) is 3.27. The van der Waals surface area contributed by atoms with Crippen LogP contribution < -0.4 is 0 Å². The molecule has 0 radical (unpaired) electrons. The summed E-state index contributed by atoms with van der Waals surface area (Å²) in [5.41, 5.74) is 0.00684. The van der Waals surface area contributed by atoms with Crippen molar-refractivity contribution in [2.24, 2.45) is 16.7 Å². The molecular formula is C15H27N3O. The number of carbonyl (C=O) groups is 1. The molecule has 0 aliphatic heterocycles. The van der Waals surface area contributed by atoms with Crippen LogP contribution in [0.1, 0.15) is 60.9 Å². The molecule has 0 aliphatic rings. The first-order valence-corrected chi connectivity index (χ1v) is 6.92. The summed E-state index contributed by atoms with van der Waals surface area (Å²) in [6.07, 6.45) is 4.09. The summed E-state index contributed by atoms with van der Waals surface area (Å²) in [5, 5.41) is 4.20. The minimum atomic E-state index is -0.255. The number of hydrogen-bond acceptors (Lipinski definition) is 3. The predicted octanol–water partition coefficient (Wildman–Crippen LogP) is 3.51. The maximum Gasteiger partial charge on any atom is 0.160 e. The molecule has 1 unspecified atom stereocenters. The van der Waals surface area contributed by atoms with Crippen LogP contribution >= 0.6 is 0 Å². The summed E-state index contributed by atoms with van der Waals surface area (Å²) >= 11 is 0. The molecule has 1 heterocycles. The van der Waals surface area contributed by atoms with E-state index in [1.54, 1.807) is 11.0 Å². The number of hydrogen-bond donors (Lipinski definition) is 0. The van der Waals surface area contributed by atoms with Gasteiger partial charge in [0.25, 0.3) is 0 Å². The number of nitrogens with zero attached hydrogens (tertiary/aromatic N) is 3. The SMILES string of the molecule is CC(C)C(=O)C(n1cncn1)C(C)(C)CC(C)(C)C. The molecule has 0 saturated heterocycles. The van der Waals surface area contributed by atoms with E-state index in [1.807, 2.05) is 13.8 Å². The molecule has 1 aromatic rings. The summed E-state index contributed by atoms with van der Waals surface area (Å²) in [5.74, 6) is 0.216. The van der Waals surface area contributed by atoms with Crippen LogP contribution in [-0.4, -0.2) is 20.5 Å². The Kier molecular flexibility index (Phi) is 4.54. The van der Waals surface area contributed by atoms with Crippen molar-refractivity contribution in [1.82, 2.24) is 14.8 Å². The fourth-order valence-corrected chi connectivity index (χ4v) is 3.00. The average Bonchev–Trinajstić information content (AvgIpc) is 2.66. The van der Waals surface area contributed by atoms with Gasteiger partial charge in [0.2, 0.25) is 0 Å². The van der Waals surface area contributed by atoms with Gasteiger partial charge in [0.05, 0.1) is 0 Å². The molecule has 19 heavy (non-hydrogen) atoms. The molecule has 0 fully saturated rings. The van der Waals surface area contributed by atoms with Crippen molar-refractivity contribution in [2.45, 2.75) is 60.9 Å². The average molecular weight is 265 g/mol. The lowest BCUT2D eigenvalue weighted by Crippen LogP contribution is -2.38. The maximum atomic E-state index is 12.6. The Bertz CT molecular complexity index is 413. The van der Waals surface area contributed by atoms with E-state index in [4.69, 9.17) is 0 Å². The van der Waals surface area contributed by atoms with Crippen molar-refractivity contribution in [2.75, 3.05) is 0 Å². The van der Waals surface area contributed by atoms with E-state index in [-0.39, 0.29) is 28.6 Å². The van der Waals surface area contributed by atoms with Gasteiger partial charge in [-0.2, -0.15) is 5.10 Å². The van der Waals surface area contributed by atoms with Crippen LogP contribution in [0, 0.1) is 16.7 Å². The zero-order valence-corrected chi connectivity index (χ0v) is 13.3. The number of carbonyl (C=O) groups excluding carboxylic acids is 1. The largest absolute Gasteiger partial charge is 0.297 e. The van der Waals surface area contributed by atoms with Gasteiger partial charge in [-0.1, -0.05) is 48.5 Å². The third kappa shape index (κ3) is 4.15. The Hall–Kier alpha value is -1.19. The summed E-state index contributed by atoms with van der Waals surface area (Å²) < 4.78 is 1.72. The zero-order valence-electron chi connectivity index (χ0n) is 13.3. The molecule has 0 aliphatic carbocycles. The van der Waals surface area contributed by atoms with Crippen LogP contribution in [0.4, 0.5) is 0 Å². The van der Waals surface area contributed by atoms with Gasteiger partial charge in [-0.05, 0) is 17.3 Å². The number of ketones is 1. The second-order valence-corrected chi connectivity index (χ2v) is 7.56. The fourth-order valence-electron chi connectivity index (χ4n) is 3.00. The van der Waals surface area contributed by atoms with Gasteiger partial charge in [-0.15, -0.1) is 0 Å². The third-order valence-electron chi connectivity index (χ3n) is 3.27. The lowest BCUT2D eigenvalue weighted by atomic mass is 9.70. The van der Waals surface area contributed by atoms with Crippen molar-refractivity contribution >= 4 is 5.78 Å². The van der Waals surface area contributed by atoms with Crippen LogP contribution in [0.15, 0.2) is 12.7 Å². The van der Waals surface area contributed by atoms with E-state index in [0.29, 0.717) is 0 Å². The Morgan fingerprint density at radius 2 is 1.79 bits per heavy atom. The first kappa shape index (κ1) is 15.9. The zero-order chi connectivity index (χ0) is 14.8. The Morgan fingerprint density at radius 1 is 1.21 bits per heavy atom. The van der Waals surface area contributed by atoms with Gasteiger partial charge in [-0.3, -0.25) is 4.79 Å². The highest BCUT2D eigenvalue weighted by molar-refractivity contribution is 5.85. The summed E-state index contributed by atoms with van der Waals surface area (Å²) in [7, 11) is 0. The molecule has 0 aromatic carbocycles. The van der Waals surface area contributed by atoms with Gasteiger partial charge in [-0.25, -0.2) is 9.67 Å². The highest BCUT2D eigenvalue weighted by Gasteiger charge is 2.40. The lowest BCUT2D eigenvalue weighted by Gasteiger charge is -2.38. The Labute approximate surface area is 116 Å². The van der Waals surface area contributed by atoms with Crippen molar-refractivity contribution in [3.8, 4) is 0 Å². The molecule has 0 saturated carbocycles. The summed E-state index contributed by atoms with van der Waals surface area (Å²) in [4.78, 5) is 16.6. The predicted molar refractivity (Wildman–Crippen MR) is 76.8 cm³/mol. The van der Waals surface area contributed by atoms with E-state index >= 15 is 0 Å². The molecule has 1 aromatic heterocycles. The minimum absolute atomic E-state index is 0.00607. The van der Waals surface area contributed by atoms with Crippen LogP contribution in [0.3, 0.4) is 0 Å². The topological polar surface area (TPSA) is 47.8 Å². The first-order valence-electron chi connectivity index (χ1n) is 6.92. The van der Waals surface area contributed by atoms with Crippen LogP contribution in [0.25, 0.3) is 0 Å².